The van der Waals surface area contributed by atoms with Crippen molar-refractivity contribution in [3.8, 4) is 0 Å². The highest BCUT2D eigenvalue weighted by molar-refractivity contribution is 6.00. The summed E-state index contributed by atoms with van der Waals surface area (Å²) >= 11 is 0. The van der Waals surface area contributed by atoms with Crippen molar-refractivity contribution >= 4 is 11.9 Å². The van der Waals surface area contributed by atoms with Crippen LogP contribution < -0.4 is 0 Å². The molecule has 1 unspecified atom stereocenters. The van der Waals surface area contributed by atoms with Crippen LogP contribution in [0, 0.1) is 11.3 Å². The third-order valence-corrected chi connectivity index (χ3v) is 3.88. The number of rotatable bonds is 2. The molecule has 102 valence electrons. The van der Waals surface area contributed by atoms with E-state index in [2.05, 4.69) is 0 Å². The summed E-state index contributed by atoms with van der Waals surface area (Å²) in [5, 5.41) is 0. The third kappa shape index (κ3) is 1.71. The summed E-state index contributed by atoms with van der Waals surface area (Å²) in [6, 6.07) is 0. The summed E-state index contributed by atoms with van der Waals surface area (Å²) in [4.78, 5) is 24.0. The van der Waals surface area contributed by atoms with Crippen LogP contribution in [-0.2, 0) is 28.5 Å². The van der Waals surface area contributed by atoms with Crippen molar-refractivity contribution in [3.63, 3.8) is 0 Å². The number of hydrogen-bond acceptors (Lipinski definition) is 6. The Bertz CT molecular complexity index is 342. The molecule has 6 nitrogen and oxygen atoms in total. The van der Waals surface area contributed by atoms with Gasteiger partial charge in [-0.05, 0) is 6.42 Å². The van der Waals surface area contributed by atoms with Crippen molar-refractivity contribution in [1.29, 1.82) is 0 Å². The molecule has 0 aromatic rings. The highest BCUT2D eigenvalue weighted by Gasteiger charge is 2.64. The number of esters is 2. The molecule has 1 aliphatic heterocycles. The molecule has 2 fully saturated rings. The van der Waals surface area contributed by atoms with Crippen LogP contribution in [0.25, 0.3) is 0 Å². The highest BCUT2D eigenvalue weighted by Crippen LogP contribution is 2.53. The maximum atomic E-state index is 12.0. The van der Waals surface area contributed by atoms with Crippen molar-refractivity contribution in [2.24, 2.45) is 11.3 Å². The molecule has 0 amide bonds. The molecular weight excluding hydrogens is 240 g/mol. The van der Waals surface area contributed by atoms with Crippen molar-refractivity contribution in [3.05, 3.63) is 0 Å². The lowest BCUT2D eigenvalue weighted by Gasteiger charge is -2.27. The monoisotopic (exact) mass is 258 g/mol. The Morgan fingerprint density at radius 3 is 2.06 bits per heavy atom. The predicted octanol–water partition coefficient (Wildman–Crippen LogP) is 0.492. The van der Waals surface area contributed by atoms with Crippen LogP contribution in [0.1, 0.15) is 19.8 Å². The van der Waals surface area contributed by atoms with E-state index >= 15 is 0 Å². The lowest BCUT2D eigenvalue weighted by molar-refractivity contribution is -0.190. The van der Waals surface area contributed by atoms with Gasteiger partial charge < -0.3 is 18.9 Å². The normalized spacial score (nSPS) is 28.3. The molecule has 1 spiro atoms. The van der Waals surface area contributed by atoms with Gasteiger partial charge in [-0.2, -0.15) is 0 Å². The minimum absolute atomic E-state index is 0.0711. The molecule has 0 aromatic heterocycles. The van der Waals surface area contributed by atoms with Gasteiger partial charge in [0.1, 0.15) is 0 Å². The maximum Gasteiger partial charge on any atom is 0.323 e. The minimum Gasteiger partial charge on any atom is -0.468 e. The first kappa shape index (κ1) is 13.3. The summed E-state index contributed by atoms with van der Waals surface area (Å²) in [6.07, 6.45) is 0.465. The van der Waals surface area contributed by atoms with Gasteiger partial charge in [-0.15, -0.1) is 0 Å². The number of carbonyl (C=O) groups excluding carboxylic acids is 2. The summed E-state index contributed by atoms with van der Waals surface area (Å²) < 4.78 is 20.8. The van der Waals surface area contributed by atoms with Crippen LogP contribution in [0.3, 0.4) is 0 Å². The quantitative estimate of drug-likeness (QED) is 0.530. The molecule has 0 N–H and O–H groups in total. The molecule has 2 aliphatic rings. The van der Waals surface area contributed by atoms with Crippen LogP contribution >= 0.6 is 0 Å². The van der Waals surface area contributed by atoms with Gasteiger partial charge in [-0.25, -0.2) is 0 Å². The molecule has 0 radical (unpaired) electrons. The van der Waals surface area contributed by atoms with Crippen molar-refractivity contribution in [2.45, 2.75) is 25.6 Å². The smallest absolute Gasteiger partial charge is 0.323 e. The number of methoxy groups -OCH3 is 2. The van der Waals surface area contributed by atoms with E-state index in [0.29, 0.717) is 19.6 Å². The highest BCUT2D eigenvalue weighted by atomic mass is 16.7. The van der Waals surface area contributed by atoms with E-state index in [-0.39, 0.29) is 12.3 Å². The zero-order valence-electron chi connectivity index (χ0n) is 10.9. The number of ether oxygens (including phenoxy) is 4. The van der Waals surface area contributed by atoms with Crippen LogP contribution in [0.15, 0.2) is 0 Å². The Kier molecular flexibility index (Phi) is 3.33. The van der Waals surface area contributed by atoms with Gasteiger partial charge in [0.05, 0.1) is 27.4 Å². The second-order valence-electron chi connectivity index (χ2n) is 4.86. The summed E-state index contributed by atoms with van der Waals surface area (Å²) in [7, 11) is 2.53. The van der Waals surface area contributed by atoms with E-state index in [1.807, 2.05) is 6.92 Å². The third-order valence-electron chi connectivity index (χ3n) is 3.88. The van der Waals surface area contributed by atoms with Gasteiger partial charge in [-0.3, -0.25) is 9.59 Å². The summed E-state index contributed by atoms with van der Waals surface area (Å²) in [6.45, 7) is 2.85. The van der Waals surface area contributed by atoms with Gasteiger partial charge in [0, 0.05) is 12.3 Å². The lowest BCUT2D eigenvalue weighted by atomic mass is 9.85. The van der Waals surface area contributed by atoms with Crippen molar-refractivity contribution in [2.75, 3.05) is 27.4 Å². The molecule has 2 rings (SSSR count). The average molecular weight is 258 g/mol. The molecule has 1 heterocycles. The van der Waals surface area contributed by atoms with Crippen LogP contribution in [0.4, 0.5) is 0 Å². The SMILES string of the molecule is COC(=O)C1(C(=O)OC)CC(C)C2(C1)OCCO2. The molecule has 1 saturated carbocycles. The van der Waals surface area contributed by atoms with E-state index in [1.54, 1.807) is 0 Å². The lowest BCUT2D eigenvalue weighted by Crippen LogP contribution is -2.41. The van der Waals surface area contributed by atoms with E-state index in [1.165, 1.54) is 14.2 Å². The molecule has 1 atom stereocenters. The first-order valence-corrected chi connectivity index (χ1v) is 5.95. The number of carbonyl (C=O) groups is 2. The maximum absolute atomic E-state index is 12.0. The van der Waals surface area contributed by atoms with Crippen LogP contribution in [0.5, 0.6) is 0 Å². The Balaban J connectivity index is 2.33. The van der Waals surface area contributed by atoms with Gasteiger partial charge >= 0.3 is 11.9 Å². The van der Waals surface area contributed by atoms with Gasteiger partial charge in [0.2, 0.25) is 0 Å². The van der Waals surface area contributed by atoms with E-state index < -0.39 is 23.1 Å². The molecule has 1 aliphatic carbocycles. The Morgan fingerprint density at radius 2 is 1.61 bits per heavy atom. The van der Waals surface area contributed by atoms with Gasteiger partial charge in [0.15, 0.2) is 11.2 Å². The Labute approximate surface area is 106 Å². The molecule has 18 heavy (non-hydrogen) atoms. The largest absolute Gasteiger partial charge is 0.468 e. The summed E-state index contributed by atoms with van der Waals surface area (Å²) in [5.41, 5.74) is -1.31. The van der Waals surface area contributed by atoms with Crippen LogP contribution in [0.2, 0.25) is 0 Å². The standard InChI is InChI=1S/C12H18O6/c1-8-6-11(9(13)15-2,10(14)16-3)7-12(8)17-4-5-18-12/h8H,4-7H2,1-3H3. The van der Waals surface area contributed by atoms with Gasteiger partial charge in [0.25, 0.3) is 0 Å². The molecule has 6 heteroatoms. The zero-order chi connectivity index (χ0) is 13.4. The molecular formula is C12H18O6. The Morgan fingerprint density at radius 1 is 1.11 bits per heavy atom. The van der Waals surface area contributed by atoms with E-state index in [9.17, 15) is 9.59 Å². The number of hydrogen-bond donors (Lipinski definition) is 0. The summed E-state index contributed by atoms with van der Waals surface area (Å²) in [5.74, 6) is -2.10. The Hall–Kier alpha value is -1.14. The fourth-order valence-corrected chi connectivity index (χ4v) is 2.99. The first-order valence-electron chi connectivity index (χ1n) is 5.95. The second-order valence-corrected chi connectivity index (χ2v) is 4.86. The van der Waals surface area contributed by atoms with Crippen molar-refractivity contribution in [1.82, 2.24) is 0 Å². The topological polar surface area (TPSA) is 71.1 Å². The van der Waals surface area contributed by atoms with E-state index in [4.69, 9.17) is 18.9 Å². The predicted molar refractivity (Wildman–Crippen MR) is 59.5 cm³/mol. The fraction of sp³-hybridized carbons (Fsp3) is 0.833. The molecule has 1 saturated heterocycles. The minimum atomic E-state index is -1.31. The van der Waals surface area contributed by atoms with E-state index in [0.717, 1.165) is 0 Å². The zero-order valence-corrected chi connectivity index (χ0v) is 10.9. The molecule has 0 aromatic carbocycles. The molecule has 0 bridgehead atoms. The van der Waals surface area contributed by atoms with Crippen LogP contribution in [-0.4, -0.2) is 45.2 Å². The first-order chi connectivity index (χ1) is 8.50. The average Bonchev–Trinajstić information content (AvgIpc) is 2.95. The second kappa shape index (κ2) is 4.51. The fourth-order valence-electron chi connectivity index (χ4n) is 2.99. The van der Waals surface area contributed by atoms with Crippen molar-refractivity contribution < 1.29 is 28.5 Å². The van der Waals surface area contributed by atoms with Gasteiger partial charge in [-0.1, -0.05) is 6.92 Å².